The van der Waals surface area contributed by atoms with E-state index < -0.39 is 0 Å². The third kappa shape index (κ3) is 2.12. The van der Waals surface area contributed by atoms with Crippen LogP contribution in [-0.4, -0.2) is 14.7 Å². The summed E-state index contributed by atoms with van der Waals surface area (Å²) in [5.41, 5.74) is 4.59. The van der Waals surface area contributed by atoms with Crippen LogP contribution in [0.5, 0.6) is 0 Å². The van der Waals surface area contributed by atoms with Crippen molar-refractivity contribution in [2.45, 2.75) is 39.5 Å². The molecule has 5 heteroatoms. The fourth-order valence-corrected chi connectivity index (χ4v) is 3.75. The third-order valence-electron chi connectivity index (χ3n) is 4.00. The Balaban J connectivity index is 1.79. The summed E-state index contributed by atoms with van der Waals surface area (Å²) in [5, 5.41) is 7.59. The molecule has 0 bridgehead atoms. The van der Waals surface area contributed by atoms with E-state index in [9.17, 15) is 0 Å². The van der Waals surface area contributed by atoms with E-state index in [0.29, 0.717) is 5.92 Å². The van der Waals surface area contributed by atoms with Crippen LogP contribution in [0.3, 0.4) is 0 Å². The fourth-order valence-electron chi connectivity index (χ4n) is 2.76. The lowest BCUT2D eigenvalue weighted by Crippen LogP contribution is -1.99. The molecule has 1 saturated carbocycles. The van der Waals surface area contributed by atoms with Crippen LogP contribution in [0.25, 0.3) is 17.1 Å². The van der Waals surface area contributed by atoms with E-state index in [1.165, 1.54) is 23.4 Å². The van der Waals surface area contributed by atoms with Crippen molar-refractivity contribution in [2.24, 2.45) is 0 Å². The van der Waals surface area contributed by atoms with Crippen LogP contribution >= 0.6 is 11.3 Å². The van der Waals surface area contributed by atoms with Crippen molar-refractivity contribution in [3.63, 3.8) is 0 Å². The van der Waals surface area contributed by atoms with E-state index >= 15 is 0 Å². The predicted octanol–water partition coefficient (Wildman–Crippen LogP) is 4.39. The molecule has 108 valence electrons. The number of thiazole rings is 1. The number of nitrogens with zero attached hydrogens (tertiary/aromatic N) is 3. The lowest BCUT2D eigenvalue weighted by atomic mass is 10.2. The minimum atomic E-state index is 0.713. The highest BCUT2D eigenvalue weighted by atomic mass is 32.1. The van der Waals surface area contributed by atoms with Gasteiger partial charge in [0.05, 0.1) is 10.7 Å². The Morgan fingerprint density at radius 1 is 1.24 bits per heavy atom. The Hall–Kier alpha value is -1.88. The van der Waals surface area contributed by atoms with Crippen molar-refractivity contribution in [1.82, 2.24) is 14.7 Å². The molecule has 3 aromatic heterocycles. The van der Waals surface area contributed by atoms with Crippen LogP contribution in [0.1, 0.15) is 40.9 Å². The van der Waals surface area contributed by atoms with Crippen molar-refractivity contribution >= 4 is 11.3 Å². The molecule has 0 aliphatic heterocycles. The highest BCUT2D eigenvalue weighted by Crippen LogP contribution is 2.43. The van der Waals surface area contributed by atoms with Gasteiger partial charge in [-0.2, -0.15) is 0 Å². The Morgan fingerprint density at radius 3 is 2.71 bits per heavy atom. The molecule has 1 aliphatic carbocycles. The lowest BCUT2D eigenvalue weighted by molar-refractivity contribution is 0.394. The van der Waals surface area contributed by atoms with E-state index in [1.807, 2.05) is 13.0 Å². The lowest BCUT2D eigenvalue weighted by Gasteiger charge is -2.04. The summed E-state index contributed by atoms with van der Waals surface area (Å²) >= 11 is 1.78. The molecule has 3 aromatic rings. The predicted molar refractivity (Wildman–Crippen MR) is 83.1 cm³/mol. The zero-order chi connectivity index (χ0) is 14.6. The van der Waals surface area contributed by atoms with Gasteiger partial charge >= 0.3 is 0 Å². The van der Waals surface area contributed by atoms with E-state index in [4.69, 9.17) is 9.51 Å². The van der Waals surface area contributed by atoms with Crippen LogP contribution in [-0.2, 0) is 0 Å². The van der Waals surface area contributed by atoms with E-state index in [1.54, 1.807) is 11.3 Å². The van der Waals surface area contributed by atoms with Crippen molar-refractivity contribution < 1.29 is 4.52 Å². The van der Waals surface area contributed by atoms with Crippen molar-refractivity contribution in [3.8, 4) is 17.1 Å². The quantitative estimate of drug-likeness (QED) is 0.720. The van der Waals surface area contributed by atoms with Gasteiger partial charge in [-0.3, -0.25) is 4.57 Å². The summed E-state index contributed by atoms with van der Waals surface area (Å²) < 4.78 is 7.33. The van der Waals surface area contributed by atoms with E-state index in [2.05, 4.69) is 35.0 Å². The molecule has 0 radical (unpaired) electrons. The molecule has 0 atom stereocenters. The first kappa shape index (κ1) is 12.8. The smallest absolute Gasteiger partial charge is 0.180 e. The molecule has 21 heavy (non-hydrogen) atoms. The largest absolute Gasteiger partial charge is 0.360 e. The van der Waals surface area contributed by atoms with Gasteiger partial charge in [-0.1, -0.05) is 5.16 Å². The normalized spacial score (nSPS) is 14.8. The minimum absolute atomic E-state index is 0.713. The minimum Gasteiger partial charge on any atom is -0.360 e. The molecule has 1 fully saturated rings. The van der Waals surface area contributed by atoms with Gasteiger partial charge in [-0.15, -0.1) is 11.3 Å². The number of aromatic nitrogens is 3. The van der Waals surface area contributed by atoms with Gasteiger partial charge in [0.25, 0.3) is 0 Å². The summed E-state index contributed by atoms with van der Waals surface area (Å²) in [6, 6.07) is 4.14. The number of aryl methyl sites for hydroxylation is 2. The Bertz CT molecular complexity index is 807. The van der Waals surface area contributed by atoms with Gasteiger partial charge < -0.3 is 4.52 Å². The number of hydrogen-bond acceptors (Lipinski definition) is 4. The van der Waals surface area contributed by atoms with Crippen LogP contribution in [0.4, 0.5) is 0 Å². The van der Waals surface area contributed by atoms with Crippen LogP contribution in [0.15, 0.2) is 22.0 Å². The summed E-state index contributed by atoms with van der Waals surface area (Å²) in [4.78, 5) is 4.82. The van der Waals surface area contributed by atoms with Gasteiger partial charge in [0.15, 0.2) is 5.82 Å². The summed E-state index contributed by atoms with van der Waals surface area (Å²) in [6.07, 6.45) is 2.59. The standard InChI is InChI=1S/C16H17N3OS/c1-9-6-13(14-8-21-16(17-14)12-4-5-12)11(3)19(9)15-7-10(2)20-18-15/h6-8,12H,4-5H2,1-3H3. The number of rotatable bonds is 3. The van der Waals surface area contributed by atoms with Crippen molar-refractivity contribution in [2.75, 3.05) is 0 Å². The molecule has 1 aliphatic rings. The van der Waals surface area contributed by atoms with E-state index in [0.717, 1.165) is 28.7 Å². The first-order valence-electron chi connectivity index (χ1n) is 7.22. The maximum absolute atomic E-state index is 5.20. The topological polar surface area (TPSA) is 43.9 Å². The average molecular weight is 299 g/mol. The molecule has 3 heterocycles. The molecule has 0 N–H and O–H groups in total. The van der Waals surface area contributed by atoms with Gasteiger partial charge in [0.2, 0.25) is 0 Å². The highest BCUT2D eigenvalue weighted by molar-refractivity contribution is 7.10. The SMILES string of the molecule is Cc1cc(-n2c(C)cc(-c3csc(C4CC4)n3)c2C)no1. The maximum atomic E-state index is 5.20. The molecule has 0 unspecified atom stereocenters. The molecule has 4 rings (SSSR count). The molecular weight excluding hydrogens is 282 g/mol. The summed E-state index contributed by atoms with van der Waals surface area (Å²) in [6.45, 7) is 6.12. The second-order valence-electron chi connectivity index (χ2n) is 5.76. The second kappa shape index (κ2) is 4.56. The third-order valence-corrected chi connectivity index (χ3v) is 5.01. The van der Waals surface area contributed by atoms with Crippen molar-refractivity contribution in [1.29, 1.82) is 0 Å². The number of hydrogen-bond donors (Lipinski definition) is 0. The Morgan fingerprint density at radius 2 is 2.05 bits per heavy atom. The van der Waals surface area contributed by atoms with Crippen LogP contribution in [0.2, 0.25) is 0 Å². The van der Waals surface area contributed by atoms with Crippen LogP contribution < -0.4 is 0 Å². The Kier molecular flexibility index (Phi) is 2.79. The van der Waals surface area contributed by atoms with E-state index in [-0.39, 0.29) is 0 Å². The first-order valence-corrected chi connectivity index (χ1v) is 8.10. The monoisotopic (exact) mass is 299 g/mol. The molecular formula is C16H17N3OS. The maximum Gasteiger partial charge on any atom is 0.180 e. The summed E-state index contributed by atoms with van der Waals surface area (Å²) in [7, 11) is 0. The van der Waals surface area contributed by atoms with Gasteiger partial charge in [-0.25, -0.2) is 4.98 Å². The molecule has 4 nitrogen and oxygen atoms in total. The molecule has 0 amide bonds. The fraction of sp³-hybridized carbons (Fsp3) is 0.375. The van der Waals surface area contributed by atoms with Gasteiger partial charge in [0, 0.05) is 34.3 Å². The summed E-state index contributed by atoms with van der Waals surface area (Å²) in [5.74, 6) is 2.38. The average Bonchev–Trinajstić information content (AvgIpc) is 2.90. The molecule has 0 saturated heterocycles. The van der Waals surface area contributed by atoms with Gasteiger partial charge in [0.1, 0.15) is 5.76 Å². The first-order chi connectivity index (χ1) is 10.1. The van der Waals surface area contributed by atoms with Gasteiger partial charge in [-0.05, 0) is 39.7 Å². The second-order valence-corrected chi connectivity index (χ2v) is 6.65. The van der Waals surface area contributed by atoms with Crippen LogP contribution in [0, 0.1) is 20.8 Å². The molecule has 0 aromatic carbocycles. The van der Waals surface area contributed by atoms with Crippen molar-refractivity contribution in [3.05, 3.63) is 39.7 Å². The zero-order valence-electron chi connectivity index (χ0n) is 12.4. The molecule has 0 spiro atoms. The zero-order valence-corrected chi connectivity index (χ0v) is 13.2. The highest BCUT2D eigenvalue weighted by Gasteiger charge is 2.27. The Labute approximate surface area is 127 Å².